The molecule has 0 heterocycles. The maximum atomic E-state index is 3.66. The minimum atomic E-state index is 0.208. The molecule has 1 N–H and O–H groups in total. The number of nitrogens with one attached hydrogen (secondary N) is 1. The van der Waals surface area contributed by atoms with Crippen LogP contribution in [-0.4, -0.2) is 62.7 Å². The van der Waals surface area contributed by atoms with Gasteiger partial charge in [0.05, 0.1) is 0 Å². The molecule has 0 aliphatic heterocycles. The smallest absolute Gasteiger partial charge is 0.00967 e. The predicted octanol–water partition coefficient (Wildman–Crippen LogP) is 2.67. The Morgan fingerprint density at radius 1 is 0.947 bits per heavy atom. The van der Waals surface area contributed by atoms with Crippen molar-refractivity contribution in [3.05, 3.63) is 0 Å². The van der Waals surface area contributed by atoms with Crippen LogP contribution in [0.15, 0.2) is 0 Å². The molecule has 0 radical (unpaired) electrons. The van der Waals surface area contributed by atoms with Gasteiger partial charge in [-0.15, -0.1) is 0 Å². The van der Waals surface area contributed by atoms with Crippen LogP contribution in [0.1, 0.15) is 47.5 Å². The lowest BCUT2D eigenvalue weighted by molar-refractivity contribution is 0.164. The summed E-state index contributed by atoms with van der Waals surface area (Å²) in [6.45, 7) is 16.0. The molecule has 0 bridgehead atoms. The molecule has 0 aromatic carbocycles. The Bertz CT molecular complexity index is 233. The van der Waals surface area contributed by atoms with E-state index in [2.05, 4.69) is 70.9 Å². The fraction of sp³-hybridized carbons (Fsp3) is 1.00. The van der Waals surface area contributed by atoms with Gasteiger partial charge >= 0.3 is 0 Å². The van der Waals surface area contributed by atoms with Crippen LogP contribution in [0.4, 0.5) is 0 Å². The quantitative estimate of drug-likeness (QED) is 0.695. The number of hydrogen-bond donors (Lipinski definition) is 1. The van der Waals surface area contributed by atoms with Crippen LogP contribution in [0.5, 0.6) is 0 Å². The first-order valence-corrected chi connectivity index (χ1v) is 7.66. The third-order valence-electron chi connectivity index (χ3n) is 3.70. The molecule has 0 aromatic heterocycles. The van der Waals surface area contributed by atoms with Crippen LogP contribution in [0, 0.1) is 5.41 Å². The Labute approximate surface area is 121 Å². The number of hydrogen-bond acceptors (Lipinski definition) is 3. The number of rotatable bonds is 9. The van der Waals surface area contributed by atoms with E-state index in [1.54, 1.807) is 0 Å². The van der Waals surface area contributed by atoms with Crippen LogP contribution >= 0.6 is 0 Å². The first-order valence-electron chi connectivity index (χ1n) is 7.66. The van der Waals surface area contributed by atoms with E-state index in [9.17, 15) is 0 Å². The normalized spacial score (nSPS) is 16.1. The fourth-order valence-electron chi connectivity index (χ4n) is 2.16. The summed E-state index contributed by atoms with van der Waals surface area (Å²) in [6.07, 6.45) is 2.46. The summed E-state index contributed by atoms with van der Waals surface area (Å²) in [5.74, 6) is 0. The van der Waals surface area contributed by atoms with Gasteiger partial charge in [0.25, 0.3) is 0 Å². The highest BCUT2D eigenvalue weighted by Gasteiger charge is 2.25. The first kappa shape index (κ1) is 18.9. The van der Waals surface area contributed by atoms with Gasteiger partial charge in [0.2, 0.25) is 0 Å². The van der Waals surface area contributed by atoms with E-state index in [1.165, 1.54) is 32.5 Å². The van der Waals surface area contributed by atoms with Crippen molar-refractivity contribution in [2.75, 3.05) is 47.3 Å². The molecule has 0 amide bonds. The lowest BCUT2D eigenvalue weighted by atomic mass is 9.86. The van der Waals surface area contributed by atoms with E-state index in [0.717, 1.165) is 6.54 Å². The van der Waals surface area contributed by atoms with Crippen molar-refractivity contribution in [1.29, 1.82) is 0 Å². The monoisotopic (exact) mass is 271 g/mol. The zero-order valence-electron chi connectivity index (χ0n) is 14.6. The maximum absolute atomic E-state index is 3.66. The van der Waals surface area contributed by atoms with E-state index in [1.807, 2.05) is 0 Å². The van der Waals surface area contributed by atoms with Crippen LogP contribution in [0.3, 0.4) is 0 Å². The third kappa shape index (κ3) is 10.3. The van der Waals surface area contributed by atoms with E-state index < -0.39 is 0 Å². The van der Waals surface area contributed by atoms with Crippen LogP contribution in [0.2, 0.25) is 0 Å². The molecule has 19 heavy (non-hydrogen) atoms. The van der Waals surface area contributed by atoms with Gasteiger partial charge in [-0.05, 0) is 73.3 Å². The van der Waals surface area contributed by atoms with Gasteiger partial charge in [-0.25, -0.2) is 0 Å². The van der Waals surface area contributed by atoms with Crippen molar-refractivity contribution in [3.8, 4) is 0 Å². The van der Waals surface area contributed by atoms with Gasteiger partial charge in [-0.2, -0.15) is 0 Å². The second-order valence-corrected chi connectivity index (χ2v) is 7.66. The van der Waals surface area contributed by atoms with Crippen molar-refractivity contribution < 1.29 is 0 Å². The molecule has 0 aliphatic carbocycles. The summed E-state index contributed by atoms with van der Waals surface area (Å²) in [5, 5.41) is 3.66. The van der Waals surface area contributed by atoms with E-state index in [-0.39, 0.29) is 5.54 Å². The SMILES string of the molecule is CCC(C)(CNC(C)(C)C)CN(C)CCCN(C)C. The van der Waals surface area contributed by atoms with Gasteiger partial charge in [-0.1, -0.05) is 13.8 Å². The zero-order chi connectivity index (χ0) is 15.1. The molecule has 3 nitrogen and oxygen atoms in total. The Hall–Kier alpha value is -0.120. The van der Waals surface area contributed by atoms with Crippen molar-refractivity contribution in [1.82, 2.24) is 15.1 Å². The standard InChI is InChI=1S/C16H37N3/c1-9-16(5,13-17-15(2,3)4)14-19(8)12-10-11-18(6)7/h17H,9-14H2,1-8H3. The van der Waals surface area contributed by atoms with Gasteiger partial charge < -0.3 is 15.1 Å². The predicted molar refractivity (Wildman–Crippen MR) is 86.8 cm³/mol. The molecule has 0 aromatic rings. The largest absolute Gasteiger partial charge is 0.311 e. The summed E-state index contributed by atoms with van der Waals surface area (Å²) >= 11 is 0. The second kappa shape index (κ2) is 8.23. The molecular formula is C16H37N3. The minimum Gasteiger partial charge on any atom is -0.311 e. The Morgan fingerprint density at radius 3 is 1.95 bits per heavy atom. The summed E-state index contributed by atoms with van der Waals surface area (Å²) in [6, 6.07) is 0. The van der Waals surface area contributed by atoms with Gasteiger partial charge in [0.1, 0.15) is 0 Å². The van der Waals surface area contributed by atoms with E-state index >= 15 is 0 Å². The Balaban J connectivity index is 4.13. The summed E-state index contributed by atoms with van der Waals surface area (Å²) in [5.41, 5.74) is 0.570. The highest BCUT2D eigenvalue weighted by Crippen LogP contribution is 2.22. The average molecular weight is 271 g/mol. The third-order valence-corrected chi connectivity index (χ3v) is 3.70. The second-order valence-electron chi connectivity index (χ2n) is 7.66. The summed E-state index contributed by atoms with van der Waals surface area (Å²) < 4.78 is 0. The topological polar surface area (TPSA) is 18.5 Å². The van der Waals surface area contributed by atoms with E-state index in [4.69, 9.17) is 0 Å². The van der Waals surface area contributed by atoms with Crippen LogP contribution in [0.25, 0.3) is 0 Å². The van der Waals surface area contributed by atoms with Gasteiger partial charge in [0, 0.05) is 18.6 Å². The molecule has 0 saturated carbocycles. The van der Waals surface area contributed by atoms with E-state index in [0.29, 0.717) is 5.41 Å². The summed E-state index contributed by atoms with van der Waals surface area (Å²) in [7, 11) is 6.54. The van der Waals surface area contributed by atoms with Crippen molar-refractivity contribution >= 4 is 0 Å². The molecule has 0 rings (SSSR count). The summed E-state index contributed by atoms with van der Waals surface area (Å²) in [4.78, 5) is 4.74. The Morgan fingerprint density at radius 2 is 1.53 bits per heavy atom. The fourth-order valence-corrected chi connectivity index (χ4v) is 2.16. The number of nitrogens with zero attached hydrogens (tertiary/aromatic N) is 2. The van der Waals surface area contributed by atoms with Crippen molar-refractivity contribution in [2.24, 2.45) is 5.41 Å². The van der Waals surface area contributed by atoms with Gasteiger partial charge in [0.15, 0.2) is 0 Å². The van der Waals surface area contributed by atoms with Gasteiger partial charge in [-0.3, -0.25) is 0 Å². The highest BCUT2D eigenvalue weighted by molar-refractivity contribution is 4.82. The minimum absolute atomic E-state index is 0.208. The molecule has 0 spiro atoms. The van der Waals surface area contributed by atoms with Crippen molar-refractivity contribution in [2.45, 2.75) is 53.0 Å². The Kier molecular flexibility index (Phi) is 8.18. The molecule has 0 saturated heterocycles. The molecule has 0 fully saturated rings. The molecule has 116 valence electrons. The average Bonchev–Trinajstić information content (AvgIpc) is 2.25. The first-order chi connectivity index (χ1) is 8.58. The van der Waals surface area contributed by atoms with Crippen molar-refractivity contribution in [3.63, 3.8) is 0 Å². The lowest BCUT2D eigenvalue weighted by Gasteiger charge is -2.36. The molecule has 3 heteroatoms. The molecule has 1 atom stereocenters. The highest BCUT2D eigenvalue weighted by atomic mass is 15.1. The molecule has 1 unspecified atom stereocenters. The van der Waals surface area contributed by atoms with Crippen LogP contribution < -0.4 is 5.32 Å². The molecule has 0 aliphatic rings. The molecular weight excluding hydrogens is 234 g/mol. The van der Waals surface area contributed by atoms with Crippen LogP contribution in [-0.2, 0) is 0 Å². The zero-order valence-corrected chi connectivity index (χ0v) is 14.6. The lowest BCUT2D eigenvalue weighted by Crippen LogP contribution is -2.47. The maximum Gasteiger partial charge on any atom is 0.00967 e.